The van der Waals surface area contributed by atoms with Crippen LogP contribution in [0.4, 0.5) is 11.4 Å². The van der Waals surface area contributed by atoms with Crippen LogP contribution in [0, 0.1) is 15.5 Å². The molecule has 8 nitrogen and oxygen atoms in total. The molecule has 162 valence electrons. The first-order valence-electron chi connectivity index (χ1n) is 10.3. The molecule has 8 heteroatoms. The first-order valence-corrected chi connectivity index (χ1v) is 10.3. The highest BCUT2D eigenvalue weighted by molar-refractivity contribution is 6.00. The number of phenols is 1. The quantitative estimate of drug-likeness (QED) is 0.182. The van der Waals surface area contributed by atoms with E-state index in [9.17, 15) is 15.2 Å². The normalized spacial score (nSPS) is 11.6. The maximum atomic E-state index is 10.8. The number of aryl methyl sites for hydroxylation is 1. The van der Waals surface area contributed by atoms with Crippen molar-refractivity contribution in [3.8, 4) is 5.75 Å². The van der Waals surface area contributed by atoms with Crippen LogP contribution in [0.1, 0.15) is 50.7 Å². The van der Waals surface area contributed by atoms with Gasteiger partial charge in [-0.05, 0) is 49.6 Å². The zero-order valence-corrected chi connectivity index (χ0v) is 17.6. The fourth-order valence-corrected chi connectivity index (χ4v) is 3.30. The molecule has 0 saturated heterocycles. The molecule has 0 aliphatic heterocycles. The first-order chi connectivity index (χ1) is 14.9. The van der Waals surface area contributed by atoms with Crippen LogP contribution in [0.15, 0.2) is 52.0 Å². The number of rotatable bonds is 9. The third kappa shape index (κ3) is 5.48. The number of nitro groups is 1. The van der Waals surface area contributed by atoms with Crippen molar-refractivity contribution in [3.63, 3.8) is 0 Å². The zero-order valence-electron chi connectivity index (χ0n) is 17.6. The van der Waals surface area contributed by atoms with Crippen molar-refractivity contribution >= 4 is 28.1 Å². The molecule has 1 aromatic heterocycles. The lowest BCUT2D eigenvalue weighted by atomic mass is 10.0. The second-order valence-corrected chi connectivity index (χ2v) is 7.43. The van der Waals surface area contributed by atoms with Crippen LogP contribution in [0.25, 0.3) is 11.0 Å². The van der Waals surface area contributed by atoms with Crippen LogP contribution in [0.3, 0.4) is 0 Å². The van der Waals surface area contributed by atoms with Crippen molar-refractivity contribution in [3.05, 3.63) is 69.3 Å². The van der Waals surface area contributed by atoms with E-state index in [-0.39, 0.29) is 17.0 Å². The van der Waals surface area contributed by atoms with E-state index in [4.69, 9.17) is 9.83 Å². The summed E-state index contributed by atoms with van der Waals surface area (Å²) >= 11 is 0. The average molecular weight is 422 g/mol. The lowest BCUT2D eigenvalue weighted by molar-refractivity contribution is -0.384. The average Bonchev–Trinajstić information content (AvgIpc) is 2.75. The van der Waals surface area contributed by atoms with Gasteiger partial charge in [-0.15, -0.1) is 0 Å². The van der Waals surface area contributed by atoms with Gasteiger partial charge in [0.05, 0.1) is 21.9 Å². The van der Waals surface area contributed by atoms with Crippen molar-refractivity contribution in [2.75, 3.05) is 5.43 Å². The summed E-state index contributed by atoms with van der Waals surface area (Å²) in [6.45, 7) is 3.91. The Morgan fingerprint density at radius 3 is 2.61 bits per heavy atom. The number of non-ortho nitro benzene ring substituents is 1. The predicted octanol–water partition coefficient (Wildman–Crippen LogP) is 5.48. The zero-order chi connectivity index (χ0) is 22.4. The van der Waals surface area contributed by atoms with Crippen molar-refractivity contribution in [1.29, 1.82) is 5.41 Å². The Kier molecular flexibility index (Phi) is 7.02. The number of phenolic OH excluding ortho intramolecular Hbond substituents is 1. The highest BCUT2D eigenvalue weighted by Gasteiger charge is 2.11. The van der Waals surface area contributed by atoms with E-state index in [1.54, 1.807) is 25.1 Å². The molecule has 0 spiro atoms. The van der Waals surface area contributed by atoms with Gasteiger partial charge in [-0.2, -0.15) is 5.10 Å². The van der Waals surface area contributed by atoms with E-state index in [1.165, 1.54) is 18.6 Å². The Labute approximate surface area is 179 Å². The van der Waals surface area contributed by atoms with E-state index in [1.807, 2.05) is 12.1 Å². The van der Waals surface area contributed by atoms with Gasteiger partial charge in [0.1, 0.15) is 11.3 Å². The van der Waals surface area contributed by atoms with Crippen molar-refractivity contribution in [1.82, 2.24) is 0 Å². The molecular formula is C23H26N4O4. The van der Waals surface area contributed by atoms with Crippen molar-refractivity contribution < 1.29 is 14.4 Å². The van der Waals surface area contributed by atoms with Crippen molar-refractivity contribution in [2.45, 2.75) is 46.0 Å². The summed E-state index contributed by atoms with van der Waals surface area (Å²) < 4.78 is 5.61. The van der Waals surface area contributed by atoms with Gasteiger partial charge in [-0.25, -0.2) is 0 Å². The standard InChI is InChI=1S/C23H26N4O4/c1-3-4-5-6-7-16-12-17-13-20(23(24)31-22(17)14-21(16)28)15(2)25-26-18-8-10-19(11-9-18)27(29)30/h8-14,24,26,28H,3-7H2,1-2H3/b24-23?,25-15-. The molecular weight excluding hydrogens is 396 g/mol. The summed E-state index contributed by atoms with van der Waals surface area (Å²) in [5.74, 6) is 0.185. The van der Waals surface area contributed by atoms with Gasteiger partial charge in [-0.3, -0.25) is 20.9 Å². The second kappa shape index (κ2) is 9.88. The lowest BCUT2D eigenvalue weighted by Crippen LogP contribution is -2.13. The number of aromatic hydroxyl groups is 1. The molecule has 0 amide bonds. The van der Waals surface area contributed by atoms with Gasteiger partial charge in [0.15, 0.2) is 0 Å². The maximum absolute atomic E-state index is 10.8. The Balaban J connectivity index is 1.83. The van der Waals surface area contributed by atoms with Crippen LogP contribution in [-0.4, -0.2) is 15.7 Å². The Morgan fingerprint density at radius 1 is 1.19 bits per heavy atom. The fourth-order valence-electron chi connectivity index (χ4n) is 3.30. The minimum absolute atomic E-state index is 0.00164. The summed E-state index contributed by atoms with van der Waals surface area (Å²) in [7, 11) is 0. The lowest BCUT2D eigenvalue weighted by Gasteiger charge is -2.09. The van der Waals surface area contributed by atoms with E-state index < -0.39 is 4.92 Å². The Bertz CT molecular complexity index is 1170. The molecule has 0 radical (unpaired) electrons. The molecule has 3 N–H and O–H groups in total. The van der Waals surface area contributed by atoms with Crippen LogP contribution in [0.2, 0.25) is 0 Å². The molecule has 0 aliphatic rings. The number of fused-ring (bicyclic) bond motifs is 1. The Hall–Kier alpha value is -3.68. The van der Waals surface area contributed by atoms with Gasteiger partial charge in [0.25, 0.3) is 5.69 Å². The molecule has 0 unspecified atom stereocenters. The van der Waals surface area contributed by atoms with Gasteiger partial charge in [0, 0.05) is 23.6 Å². The maximum Gasteiger partial charge on any atom is 0.269 e. The second-order valence-electron chi connectivity index (χ2n) is 7.43. The minimum atomic E-state index is -0.461. The summed E-state index contributed by atoms with van der Waals surface area (Å²) in [6.07, 6.45) is 5.25. The van der Waals surface area contributed by atoms with Crippen molar-refractivity contribution in [2.24, 2.45) is 5.10 Å². The van der Waals surface area contributed by atoms with Crippen LogP contribution < -0.4 is 11.0 Å². The highest BCUT2D eigenvalue weighted by atomic mass is 16.6. The number of benzene rings is 2. The first kappa shape index (κ1) is 22.0. The van der Waals surface area contributed by atoms with E-state index in [0.29, 0.717) is 22.5 Å². The SMILES string of the molecule is CCCCCCc1cc2cc(/C(C)=N\Nc3ccc([N+](=O)[O-])cc3)c(=N)oc2cc1O. The van der Waals surface area contributed by atoms with Gasteiger partial charge < -0.3 is 9.52 Å². The van der Waals surface area contributed by atoms with Gasteiger partial charge in [-0.1, -0.05) is 26.2 Å². The third-order valence-corrected chi connectivity index (χ3v) is 5.09. The summed E-state index contributed by atoms with van der Waals surface area (Å²) in [5.41, 5.74) is 5.74. The minimum Gasteiger partial charge on any atom is -0.508 e. The largest absolute Gasteiger partial charge is 0.508 e. The molecule has 3 rings (SSSR count). The van der Waals surface area contributed by atoms with E-state index in [2.05, 4.69) is 17.5 Å². The molecule has 2 aromatic carbocycles. The molecule has 0 atom stereocenters. The fraction of sp³-hybridized carbons (Fsp3) is 0.304. The monoisotopic (exact) mass is 422 g/mol. The van der Waals surface area contributed by atoms with Crippen LogP contribution in [0.5, 0.6) is 5.75 Å². The van der Waals surface area contributed by atoms with E-state index in [0.717, 1.165) is 36.6 Å². The number of anilines is 1. The summed E-state index contributed by atoms with van der Waals surface area (Å²) in [6, 6.07) is 11.2. The number of nitrogens with one attached hydrogen (secondary N) is 2. The number of hydrogen-bond acceptors (Lipinski definition) is 7. The topological polar surface area (TPSA) is 125 Å². The number of hydrazone groups is 1. The third-order valence-electron chi connectivity index (χ3n) is 5.09. The number of nitrogens with zero attached hydrogens (tertiary/aromatic N) is 2. The molecule has 0 bridgehead atoms. The van der Waals surface area contributed by atoms with E-state index >= 15 is 0 Å². The number of hydrogen-bond donors (Lipinski definition) is 3. The molecule has 0 saturated carbocycles. The summed E-state index contributed by atoms with van der Waals surface area (Å²) in [5, 5.41) is 34.3. The molecule has 1 heterocycles. The molecule has 0 fully saturated rings. The smallest absolute Gasteiger partial charge is 0.269 e. The van der Waals surface area contributed by atoms with Crippen LogP contribution in [-0.2, 0) is 6.42 Å². The highest BCUT2D eigenvalue weighted by Crippen LogP contribution is 2.26. The number of unbranched alkanes of at least 4 members (excludes halogenated alkanes) is 3. The summed E-state index contributed by atoms with van der Waals surface area (Å²) in [4.78, 5) is 10.3. The van der Waals surface area contributed by atoms with Gasteiger partial charge >= 0.3 is 0 Å². The number of nitro benzene ring substituents is 1. The molecule has 31 heavy (non-hydrogen) atoms. The molecule has 3 aromatic rings. The predicted molar refractivity (Wildman–Crippen MR) is 121 cm³/mol. The van der Waals surface area contributed by atoms with Crippen LogP contribution >= 0.6 is 0 Å². The Morgan fingerprint density at radius 2 is 1.94 bits per heavy atom. The van der Waals surface area contributed by atoms with Gasteiger partial charge in [0.2, 0.25) is 5.55 Å². The molecule has 0 aliphatic carbocycles.